The molecule has 0 aliphatic carbocycles. The Morgan fingerprint density at radius 2 is 1.74 bits per heavy atom. The highest BCUT2D eigenvalue weighted by molar-refractivity contribution is 8.28. The average Bonchev–Trinajstić information content (AvgIpc) is 3.67. The van der Waals surface area contributed by atoms with Crippen LogP contribution in [-0.2, 0) is 39.3 Å². The third kappa shape index (κ3) is 8.19. The number of carbonyl (C=O) groups excluding carboxylic acids is 1. The first-order chi connectivity index (χ1) is 23.8. The highest BCUT2D eigenvalue weighted by Gasteiger charge is 2.51. The van der Waals surface area contributed by atoms with Crippen molar-refractivity contribution in [3.63, 3.8) is 0 Å². The van der Waals surface area contributed by atoms with E-state index in [9.17, 15) is 18.0 Å². The number of carbonyl (C=O) groups is 1. The SMILES string of the molecule is CNc1ncnc2c1c(C#CCCC(=O)C(F)(F)F)cn2[C@H]1CC(OCS(C)=S)[C@@H](CO[Si](c2ccccc2)(c2ccccc2)C(C)(C)C)O1. The molecule has 4 atom stereocenters. The highest BCUT2D eigenvalue weighted by Crippen LogP contribution is 2.40. The van der Waals surface area contributed by atoms with Crippen molar-refractivity contribution >= 4 is 62.0 Å². The first-order valence-corrected chi connectivity index (χ1v) is 20.8. The van der Waals surface area contributed by atoms with Crippen molar-refractivity contribution in [2.24, 2.45) is 0 Å². The quantitative estimate of drug-likeness (QED) is 0.147. The Bertz CT molecular complexity index is 1840. The van der Waals surface area contributed by atoms with Crippen molar-refractivity contribution in [2.45, 2.75) is 69.7 Å². The van der Waals surface area contributed by atoms with Gasteiger partial charge in [-0.15, -0.1) is 0 Å². The van der Waals surface area contributed by atoms with E-state index in [2.05, 4.69) is 72.2 Å². The minimum atomic E-state index is -4.88. The van der Waals surface area contributed by atoms with E-state index in [1.807, 2.05) is 47.2 Å². The number of aromatic nitrogens is 3. The van der Waals surface area contributed by atoms with Gasteiger partial charge in [0.2, 0.25) is 5.78 Å². The molecule has 3 heterocycles. The summed E-state index contributed by atoms with van der Waals surface area (Å²) in [6.45, 7) is 6.92. The number of hydrogen-bond acceptors (Lipinski definition) is 8. The number of Topliss-reactive ketones (excluding diaryl/α,β-unsaturated/α-hetero) is 1. The Morgan fingerprint density at radius 1 is 1.10 bits per heavy atom. The zero-order valence-corrected chi connectivity index (χ0v) is 31.3. The normalized spacial score (nSPS) is 18.8. The summed E-state index contributed by atoms with van der Waals surface area (Å²) in [7, 11) is -1.56. The molecule has 14 heteroatoms. The van der Waals surface area contributed by atoms with Crippen LogP contribution in [0.4, 0.5) is 19.0 Å². The fourth-order valence-electron chi connectivity index (χ4n) is 6.41. The molecule has 50 heavy (non-hydrogen) atoms. The predicted molar refractivity (Wildman–Crippen MR) is 197 cm³/mol. The lowest BCUT2D eigenvalue weighted by atomic mass is 10.2. The summed E-state index contributed by atoms with van der Waals surface area (Å²) in [5, 5.41) is 5.71. The van der Waals surface area contributed by atoms with Gasteiger partial charge in [-0.3, -0.25) is 4.79 Å². The average molecular weight is 743 g/mol. The van der Waals surface area contributed by atoms with E-state index in [0.29, 0.717) is 34.8 Å². The van der Waals surface area contributed by atoms with Crippen LogP contribution in [0.2, 0.25) is 5.04 Å². The fourth-order valence-corrected chi connectivity index (χ4v) is 11.5. The summed E-state index contributed by atoms with van der Waals surface area (Å²) in [6, 6.07) is 20.8. The summed E-state index contributed by atoms with van der Waals surface area (Å²) in [6.07, 6.45) is -1.57. The number of nitrogens with one attached hydrogen (secondary N) is 1. The maximum Gasteiger partial charge on any atom is 0.450 e. The Balaban J connectivity index is 1.49. The lowest BCUT2D eigenvalue weighted by Gasteiger charge is -2.43. The second kappa shape index (κ2) is 15.8. The molecule has 8 nitrogen and oxygen atoms in total. The minimum absolute atomic E-state index is 0.240. The molecule has 0 amide bonds. The lowest BCUT2D eigenvalue weighted by molar-refractivity contribution is -0.170. The summed E-state index contributed by atoms with van der Waals surface area (Å²) in [4.78, 5) is 20.3. The van der Waals surface area contributed by atoms with Crippen LogP contribution in [0.15, 0.2) is 73.2 Å². The number of rotatable bonds is 12. The third-order valence-corrected chi connectivity index (χ3v) is 14.4. The molecule has 1 N–H and O–H groups in total. The topological polar surface area (TPSA) is 87.5 Å². The summed E-state index contributed by atoms with van der Waals surface area (Å²) >= 11 is 5.47. The van der Waals surface area contributed by atoms with Gasteiger partial charge in [0.25, 0.3) is 8.32 Å². The van der Waals surface area contributed by atoms with Gasteiger partial charge in [-0.1, -0.05) is 103 Å². The molecule has 5 rings (SSSR count). The molecule has 1 saturated heterocycles. The summed E-state index contributed by atoms with van der Waals surface area (Å²) in [5.74, 6) is 4.75. The van der Waals surface area contributed by atoms with Gasteiger partial charge in [0.05, 0.1) is 29.6 Å². The molecule has 1 aliphatic heterocycles. The first-order valence-electron chi connectivity index (χ1n) is 16.2. The third-order valence-electron chi connectivity index (χ3n) is 8.68. The number of ketones is 1. The van der Waals surface area contributed by atoms with Gasteiger partial charge < -0.3 is 23.8 Å². The van der Waals surface area contributed by atoms with E-state index in [1.165, 1.54) is 6.33 Å². The second-order valence-corrected chi connectivity index (χ2v) is 20.5. The molecule has 0 radical (unpaired) electrons. The van der Waals surface area contributed by atoms with Crippen molar-refractivity contribution in [2.75, 3.05) is 31.2 Å². The molecule has 2 aromatic heterocycles. The monoisotopic (exact) mass is 742 g/mol. The molecule has 2 unspecified atom stereocenters. The summed E-state index contributed by atoms with van der Waals surface area (Å²) < 4.78 is 60.5. The van der Waals surface area contributed by atoms with Gasteiger partial charge in [0.15, 0.2) is 0 Å². The molecular weight excluding hydrogens is 702 g/mol. The zero-order chi connectivity index (χ0) is 36.1. The number of ether oxygens (including phenoxy) is 2. The number of fused-ring (bicyclic) bond motifs is 1. The van der Waals surface area contributed by atoms with E-state index in [4.69, 9.17) is 25.1 Å². The van der Waals surface area contributed by atoms with Crippen molar-refractivity contribution in [3.8, 4) is 11.8 Å². The molecule has 0 saturated carbocycles. The highest BCUT2D eigenvalue weighted by atomic mass is 32.8. The number of hydrogen-bond donors (Lipinski definition) is 1. The standard InChI is InChI=1S/C36H41F3N4O4S2Si/c1-35(2,3)50(26-15-8-6-9-16-26,27-17-10-7-11-18-27)46-22-29-28(45-24-49(5)48)20-31(47-29)43-21-25(14-12-13-19-30(44)36(37,38)39)32-33(40-4)41-23-42-34(32)43/h6-11,15-18,21,23,28-29,31H,13,19-20,22,24H2,1-5H3,(H,40,41,42)/t28?,29-,31-,49?/m1/s1. The van der Waals surface area contributed by atoms with E-state index in [-0.39, 0.29) is 33.6 Å². The van der Waals surface area contributed by atoms with E-state index >= 15 is 0 Å². The van der Waals surface area contributed by atoms with Crippen LogP contribution in [0.5, 0.6) is 0 Å². The van der Waals surface area contributed by atoms with Crippen LogP contribution in [0.25, 0.3) is 11.0 Å². The molecule has 0 bridgehead atoms. The van der Waals surface area contributed by atoms with Gasteiger partial charge in [-0.2, -0.15) is 13.2 Å². The number of anilines is 1. The van der Waals surface area contributed by atoms with Gasteiger partial charge in [0.1, 0.15) is 30.1 Å². The first kappa shape index (κ1) is 37.8. The van der Waals surface area contributed by atoms with Crippen LogP contribution in [0.3, 0.4) is 0 Å². The molecule has 2 aromatic carbocycles. The molecular formula is C36H41F3N4O4S2Si. The van der Waals surface area contributed by atoms with E-state index in [0.717, 1.165) is 10.4 Å². The zero-order valence-electron chi connectivity index (χ0n) is 28.6. The van der Waals surface area contributed by atoms with Crippen LogP contribution < -0.4 is 15.7 Å². The molecule has 266 valence electrons. The minimum Gasteiger partial charge on any atom is -0.405 e. The maximum atomic E-state index is 12.7. The smallest absolute Gasteiger partial charge is 0.405 e. The van der Waals surface area contributed by atoms with Gasteiger partial charge in [-0.25, -0.2) is 9.97 Å². The van der Waals surface area contributed by atoms with Gasteiger partial charge in [0, 0.05) is 32.5 Å². The number of alkyl halides is 3. The Labute approximate surface area is 298 Å². The predicted octanol–water partition coefficient (Wildman–Crippen LogP) is 5.65. The van der Waals surface area contributed by atoms with Gasteiger partial charge in [-0.05, 0) is 32.9 Å². The van der Waals surface area contributed by atoms with Crippen LogP contribution in [0.1, 0.15) is 51.8 Å². The van der Waals surface area contributed by atoms with Crippen molar-refractivity contribution in [1.29, 1.82) is 0 Å². The molecule has 1 aliphatic rings. The van der Waals surface area contributed by atoms with Crippen LogP contribution >= 0.6 is 0 Å². The van der Waals surface area contributed by atoms with E-state index < -0.39 is 39.0 Å². The van der Waals surface area contributed by atoms with Crippen molar-refractivity contribution < 1.29 is 31.9 Å². The number of nitrogens with zero attached hydrogens (tertiary/aromatic N) is 3. The van der Waals surface area contributed by atoms with Crippen LogP contribution in [-0.4, -0.2) is 72.9 Å². The second-order valence-electron chi connectivity index (χ2n) is 13.1. The lowest BCUT2D eigenvalue weighted by Crippen LogP contribution is -2.67. The maximum absolute atomic E-state index is 12.7. The number of halogens is 3. The Kier molecular flexibility index (Phi) is 12.0. The van der Waals surface area contributed by atoms with Crippen molar-refractivity contribution in [1.82, 2.24) is 14.5 Å². The Hall–Kier alpha value is -3.45. The molecule has 0 spiro atoms. The van der Waals surface area contributed by atoms with E-state index in [1.54, 1.807) is 13.2 Å². The number of benzene rings is 2. The Morgan fingerprint density at radius 3 is 2.30 bits per heavy atom. The molecule has 4 aromatic rings. The van der Waals surface area contributed by atoms with Gasteiger partial charge >= 0.3 is 6.18 Å². The van der Waals surface area contributed by atoms with Crippen LogP contribution in [0, 0.1) is 11.8 Å². The van der Waals surface area contributed by atoms with Crippen molar-refractivity contribution in [3.05, 3.63) is 78.8 Å². The summed E-state index contributed by atoms with van der Waals surface area (Å²) in [5.41, 5.74) is 1.04. The largest absolute Gasteiger partial charge is 0.450 e. The fraction of sp³-hybridized carbons (Fsp3) is 0.417. The molecule has 1 fully saturated rings.